The molecule has 1 aromatic heterocycles. The van der Waals surface area contributed by atoms with Gasteiger partial charge < -0.3 is 4.42 Å². The van der Waals surface area contributed by atoms with Crippen LogP contribution in [0.1, 0.15) is 24.7 Å². The summed E-state index contributed by atoms with van der Waals surface area (Å²) < 4.78 is 29.4. The number of rotatable bonds is 5. The fraction of sp³-hybridized carbons (Fsp3) is 0.214. The summed E-state index contributed by atoms with van der Waals surface area (Å²) in [5, 5.41) is 3.94. The van der Waals surface area contributed by atoms with Crippen molar-refractivity contribution in [1.82, 2.24) is 4.83 Å². The molecule has 1 N–H and O–H groups in total. The highest BCUT2D eigenvalue weighted by Gasteiger charge is 2.13. The Hall–Kier alpha value is -2.08. The Bertz CT molecular complexity index is 687. The Morgan fingerprint density at radius 3 is 2.50 bits per heavy atom. The molecular weight excluding hydrogens is 276 g/mol. The lowest BCUT2D eigenvalue weighted by atomic mass is 10.2. The van der Waals surface area contributed by atoms with Crippen LogP contribution in [-0.4, -0.2) is 14.1 Å². The summed E-state index contributed by atoms with van der Waals surface area (Å²) >= 11 is 0. The fourth-order valence-corrected chi connectivity index (χ4v) is 2.47. The maximum atomic E-state index is 12.1. The maximum Gasteiger partial charge on any atom is 0.276 e. The van der Waals surface area contributed by atoms with Gasteiger partial charge in [-0.3, -0.25) is 0 Å². The van der Waals surface area contributed by atoms with Gasteiger partial charge in [0.1, 0.15) is 11.5 Å². The van der Waals surface area contributed by atoms with E-state index in [2.05, 4.69) is 9.93 Å². The zero-order valence-electron chi connectivity index (χ0n) is 11.3. The van der Waals surface area contributed by atoms with Crippen LogP contribution in [0, 0.1) is 6.92 Å². The van der Waals surface area contributed by atoms with E-state index in [0.717, 1.165) is 5.56 Å². The zero-order valence-corrected chi connectivity index (χ0v) is 12.1. The number of hydrogen-bond acceptors (Lipinski definition) is 4. The summed E-state index contributed by atoms with van der Waals surface area (Å²) in [5.41, 5.74) is 1.54. The number of sulfonamides is 1. The van der Waals surface area contributed by atoms with E-state index in [4.69, 9.17) is 4.42 Å². The van der Waals surface area contributed by atoms with Crippen molar-refractivity contribution in [3.05, 3.63) is 54.0 Å². The SMILES string of the molecule is CC/C(=N/NS(=O)(=O)c1ccc(C)cc1)c1ccco1. The monoisotopic (exact) mass is 292 g/mol. The average molecular weight is 292 g/mol. The molecule has 0 saturated carbocycles. The van der Waals surface area contributed by atoms with Crippen molar-refractivity contribution in [1.29, 1.82) is 0 Å². The van der Waals surface area contributed by atoms with Crippen molar-refractivity contribution in [2.75, 3.05) is 0 Å². The fourth-order valence-electron chi connectivity index (χ4n) is 1.64. The highest BCUT2D eigenvalue weighted by atomic mass is 32.2. The summed E-state index contributed by atoms with van der Waals surface area (Å²) in [6.07, 6.45) is 2.08. The Labute approximate surface area is 118 Å². The quantitative estimate of drug-likeness (QED) is 0.680. The van der Waals surface area contributed by atoms with E-state index in [1.807, 2.05) is 13.8 Å². The largest absolute Gasteiger partial charge is 0.463 e. The third-order valence-corrected chi connectivity index (χ3v) is 4.00. The summed E-state index contributed by atoms with van der Waals surface area (Å²) in [6.45, 7) is 3.77. The minimum absolute atomic E-state index is 0.182. The number of nitrogens with one attached hydrogen (secondary N) is 1. The molecule has 0 bridgehead atoms. The molecule has 106 valence electrons. The van der Waals surface area contributed by atoms with Gasteiger partial charge >= 0.3 is 0 Å². The second kappa shape index (κ2) is 5.92. The van der Waals surface area contributed by atoms with Crippen LogP contribution in [0.25, 0.3) is 0 Å². The molecule has 0 aliphatic carbocycles. The molecule has 0 radical (unpaired) electrons. The molecule has 2 aromatic rings. The topological polar surface area (TPSA) is 71.7 Å². The van der Waals surface area contributed by atoms with E-state index >= 15 is 0 Å². The normalized spacial score (nSPS) is 12.4. The number of hydrogen-bond donors (Lipinski definition) is 1. The van der Waals surface area contributed by atoms with Crippen LogP contribution in [-0.2, 0) is 10.0 Å². The first-order valence-electron chi connectivity index (χ1n) is 6.22. The van der Waals surface area contributed by atoms with Gasteiger partial charge in [-0.05, 0) is 37.6 Å². The predicted octanol–water partition coefficient (Wildman–Crippen LogP) is 2.68. The Balaban J connectivity index is 2.22. The number of nitrogens with zero attached hydrogens (tertiary/aromatic N) is 1. The first kappa shape index (κ1) is 14.3. The zero-order chi connectivity index (χ0) is 14.6. The number of aryl methyl sites for hydroxylation is 1. The third kappa shape index (κ3) is 3.27. The predicted molar refractivity (Wildman–Crippen MR) is 77.0 cm³/mol. The molecule has 0 atom stereocenters. The van der Waals surface area contributed by atoms with Gasteiger partial charge in [-0.25, -0.2) is 0 Å². The lowest BCUT2D eigenvalue weighted by Crippen LogP contribution is -2.20. The molecule has 0 fully saturated rings. The molecule has 0 amide bonds. The third-order valence-electron chi connectivity index (χ3n) is 2.77. The molecule has 6 heteroatoms. The van der Waals surface area contributed by atoms with Crippen molar-refractivity contribution < 1.29 is 12.8 Å². The van der Waals surface area contributed by atoms with Crippen molar-refractivity contribution in [3.63, 3.8) is 0 Å². The van der Waals surface area contributed by atoms with Crippen molar-refractivity contribution >= 4 is 15.7 Å². The molecule has 2 rings (SSSR count). The van der Waals surface area contributed by atoms with Crippen LogP contribution in [0.4, 0.5) is 0 Å². The van der Waals surface area contributed by atoms with Crippen LogP contribution in [0.5, 0.6) is 0 Å². The van der Waals surface area contributed by atoms with E-state index in [0.29, 0.717) is 17.9 Å². The van der Waals surface area contributed by atoms with Gasteiger partial charge in [0.15, 0.2) is 0 Å². The molecule has 0 spiro atoms. The second-order valence-electron chi connectivity index (χ2n) is 4.30. The highest BCUT2D eigenvalue weighted by Crippen LogP contribution is 2.11. The maximum absolute atomic E-state index is 12.1. The lowest BCUT2D eigenvalue weighted by molar-refractivity contribution is 0.554. The second-order valence-corrected chi connectivity index (χ2v) is 5.96. The number of furan rings is 1. The van der Waals surface area contributed by atoms with Crippen LogP contribution in [0.3, 0.4) is 0 Å². The van der Waals surface area contributed by atoms with Gasteiger partial charge in [-0.2, -0.15) is 18.4 Å². The van der Waals surface area contributed by atoms with E-state index < -0.39 is 10.0 Å². The molecule has 0 aliphatic heterocycles. The van der Waals surface area contributed by atoms with Crippen molar-refractivity contribution in [3.8, 4) is 0 Å². The molecule has 0 unspecified atom stereocenters. The van der Waals surface area contributed by atoms with Crippen LogP contribution in [0.15, 0.2) is 57.1 Å². The summed E-state index contributed by atoms with van der Waals surface area (Å²) in [4.78, 5) is 2.42. The van der Waals surface area contributed by atoms with Crippen LogP contribution >= 0.6 is 0 Å². The standard InChI is InChI=1S/C14H16N2O3S/c1-3-13(14-5-4-10-19-14)15-16-20(17,18)12-8-6-11(2)7-9-12/h4-10,16H,3H2,1-2H3/b15-13-. The summed E-state index contributed by atoms with van der Waals surface area (Å²) in [5.74, 6) is 0.555. The van der Waals surface area contributed by atoms with Gasteiger partial charge in [-0.1, -0.05) is 24.6 Å². The first-order chi connectivity index (χ1) is 9.53. The van der Waals surface area contributed by atoms with E-state index in [1.165, 1.54) is 6.26 Å². The number of benzene rings is 1. The molecule has 20 heavy (non-hydrogen) atoms. The Morgan fingerprint density at radius 1 is 1.25 bits per heavy atom. The minimum Gasteiger partial charge on any atom is -0.463 e. The summed E-state index contributed by atoms with van der Waals surface area (Å²) in [7, 11) is -3.65. The van der Waals surface area contributed by atoms with Gasteiger partial charge in [0, 0.05) is 0 Å². The lowest BCUT2D eigenvalue weighted by Gasteiger charge is -2.05. The first-order valence-corrected chi connectivity index (χ1v) is 7.70. The van der Waals surface area contributed by atoms with E-state index in [1.54, 1.807) is 36.4 Å². The van der Waals surface area contributed by atoms with Gasteiger partial charge in [0.05, 0.1) is 11.2 Å². The molecule has 5 nitrogen and oxygen atoms in total. The molecule has 0 aliphatic rings. The van der Waals surface area contributed by atoms with Crippen LogP contribution in [0.2, 0.25) is 0 Å². The van der Waals surface area contributed by atoms with E-state index in [-0.39, 0.29) is 4.90 Å². The van der Waals surface area contributed by atoms with Crippen molar-refractivity contribution in [2.24, 2.45) is 5.10 Å². The highest BCUT2D eigenvalue weighted by molar-refractivity contribution is 7.89. The van der Waals surface area contributed by atoms with E-state index in [9.17, 15) is 8.42 Å². The smallest absolute Gasteiger partial charge is 0.276 e. The molecule has 1 aromatic carbocycles. The Morgan fingerprint density at radius 2 is 1.95 bits per heavy atom. The van der Waals surface area contributed by atoms with Crippen LogP contribution < -0.4 is 4.83 Å². The van der Waals surface area contributed by atoms with Gasteiger partial charge in [-0.15, -0.1) is 0 Å². The number of hydrazone groups is 1. The molecular formula is C14H16N2O3S. The average Bonchev–Trinajstić information content (AvgIpc) is 2.94. The van der Waals surface area contributed by atoms with Gasteiger partial charge in [0.25, 0.3) is 10.0 Å². The minimum atomic E-state index is -3.65. The molecule has 0 saturated heterocycles. The van der Waals surface area contributed by atoms with Crippen molar-refractivity contribution in [2.45, 2.75) is 25.2 Å². The van der Waals surface area contributed by atoms with Gasteiger partial charge in [0.2, 0.25) is 0 Å². The summed E-state index contributed by atoms with van der Waals surface area (Å²) in [6, 6.07) is 10.0. The molecule has 1 heterocycles. The Kier molecular flexibility index (Phi) is 4.24.